The molecule has 0 radical (unpaired) electrons. The van der Waals surface area contributed by atoms with Crippen molar-refractivity contribution in [3.63, 3.8) is 0 Å². The van der Waals surface area contributed by atoms with Crippen molar-refractivity contribution in [3.05, 3.63) is 0 Å². The van der Waals surface area contributed by atoms with Crippen LogP contribution in [0.15, 0.2) is 0 Å². The van der Waals surface area contributed by atoms with E-state index in [-0.39, 0.29) is 28.5 Å². The van der Waals surface area contributed by atoms with Crippen molar-refractivity contribution < 1.29 is 14.4 Å². The maximum Gasteiger partial charge on any atom is 0.323 e. The fourth-order valence-corrected chi connectivity index (χ4v) is 5.98. The molecule has 0 aliphatic carbocycles. The third-order valence-corrected chi connectivity index (χ3v) is 7.50. The molecule has 3 fully saturated rings. The summed E-state index contributed by atoms with van der Waals surface area (Å²) in [6.07, 6.45) is 1.71. The zero-order valence-corrected chi connectivity index (χ0v) is 16.0. The van der Waals surface area contributed by atoms with E-state index in [0.29, 0.717) is 17.7 Å². The molecule has 25 heavy (non-hydrogen) atoms. The molecule has 0 aromatic carbocycles. The molecule has 3 heterocycles. The summed E-state index contributed by atoms with van der Waals surface area (Å²) in [4.78, 5) is 37.9. The molecule has 3 saturated heterocycles. The Balaban J connectivity index is 1.53. The number of rotatable bonds is 3. The van der Waals surface area contributed by atoms with Crippen LogP contribution in [0.4, 0.5) is 4.79 Å². The van der Waals surface area contributed by atoms with Gasteiger partial charge in [-0.05, 0) is 25.1 Å². The van der Waals surface area contributed by atoms with Crippen LogP contribution in [0.25, 0.3) is 0 Å². The predicted molar refractivity (Wildman–Crippen MR) is 99.3 cm³/mol. The van der Waals surface area contributed by atoms with Crippen molar-refractivity contribution >= 4 is 41.4 Å². The second-order valence-corrected chi connectivity index (χ2v) is 9.30. The Kier molecular flexibility index (Phi) is 6.13. The van der Waals surface area contributed by atoms with Crippen molar-refractivity contribution in [2.75, 3.05) is 32.9 Å². The maximum absolute atomic E-state index is 12.6. The van der Waals surface area contributed by atoms with Crippen molar-refractivity contribution in [1.29, 1.82) is 0 Å². The van der Waals surface area contributed by atoms with Gasteiger partial charge in [-0.15, -0.1) is 23.5 Å². The smallest absolute Gasteiger partial charge is 0.323 e. The first kappa shape index (κ1) is 18.8. The van der Waals surface area contributed by atoms with E-state index in [1.54, 1.807) is 37.6 Å². The van der Waals surface area contributed by atoms with E-state index < -0.39 is 6.03 Å². The number of hydrogen-bond donors (Lipinski definition) is 4. The average Bonchev–Trinajstić information content (AvgIpc) is 3.20. The van der Waals surface area contributed by atoms with Crippen LogP contribution in [0, 0.1) is 5.92 Å². The summed E-state index contributed by atoms with van der Waals surface area (Å²) < 4.78 is 0. The number of piperidine rings is 1. The van der Waals surface area contributed by atoms with E-state index in [0.717, 1.165) is 25.3 Å². The number of nitrogens with one attached hydrogen (secondary N) is 4. The second-order valence-electron chi connectivity index (χ2n) is 6.70. The van der Waals surface area contributed by atoms with Gasteiger partial charge in [0.1, 0.15) is 5.37 Å². The number of carbonyl (C=O) groups is 3. The van der Waals surface area contributed by atoms with Gasteiger partial charge in [0, 0.05) is 31.9 Å². The van der Waals surface area contributed by atoms with Crippen LogP contribution in [0.5, 0.6) is 0 Å². The number of urea groups is 1. The van der Waals surface area contributed by atoms with Gasteiger partial charge in [-0.1, -0.05) is 0 Å². The Morgan fingerprint density at radius 3 is 2.68 bits per heavy atom. The number of fused-ring (bicyclic) bond motifs is 1. The number of amides is 4. The highest BCUT2D eigenvalue weighted by Gasteiger charge is 2.41. The highest BCUT2D eigenvalue weighted by molar-refractivity contribution is 8.01. The van der Waals surface area contributed by atoms with Crippen LogP contribution >= 0.6 is 23.5 Å². The first-order valence-corrected chi connectivity index (χ1v) is 10.5. The van der Waals surface area contributed by atoms with E-state index in [4.69, 9.17) is 0 Å². The largest absolute Gasteiger partial charge is 0.341 e. The number of imide groups is 1. The topological polar surface area (TPSA) is 103 Å². The molecule has 0 saturated carbocycles. The molecule has 4 N–H and O–H groups in total. The monoisotopic (exact) mass is 387 g/mol. The Morgan fingerprint density at radius 2 is 1.96 bits per heavy atom. The lowest BCUT2D eigenvalue weighted by Gasteiger charge is -2.24. The van der Waals surface area contributed by atoms with E-state index in [2.05, 4.69) is 21.3 Å². The fraction of sp³-hybridized carbons (Fsp3) is 0.800. The summed E-state index contributed by atoms with van der Waals surface area (Å²) in [7, 11) is 3.17. The minimum Gasteiger partial charge on any atom is -0.341 e. The summed E-state index contributed by atoms with van der Waals surface area (Å²) in [5.41, 5.74) is 0. The average molecular weight is 388 g/mol. The number of nitrogens with zero attached hydrogens (tertiary/aromatic N) is 1. The molecule has 4 amide bonds. The lowest BCUT2D eigenvalue weighted by Crippen LogP contribution is -2.51. The molecule has 5 unspecified atom stereocenters. The molecule has 8 nitrogen and oxygen atoms in total. The van der Waals surface area contributed by atoms with Crippen LogP contribution in [0.3, 0.4) is 0 Å². The highest BCUT2D eigenvalue weighted by Crippen LogP contribution is 2.34. The normalized spacial score (nSPS) is 34.2. The third-order valence-electron chi connectivity index (χ3n) is 4.68. The standard InChI is InChI=1S/C15H25N5O3S2/c1-20(2)15(23)19-11(21)8-4-6-24-13(8)18-12(22)14-17-9-7-16-5-3-10(9)25-14/h8-10,13-14,16-17H,3-7H2,1-2H3,(H,18,22)(H,19,21,23). The lowest BCUT2D eigenvalue weighted by molar-refractivity contribution is -0.125. The lowest BCUT2D eigenvalue weighted by atomic mass is 10.1. The summed E-state index contributed by atoms with van der Waals surface area (Å²) in [5.74, 6) is 0.0159. The Hall–Kier alpha value is -0.970. The summed E-state index contributed by atoms with van der Waals surface area (Å²) >= 11 is 3.24. The van der Waals surface area contributed by atoms with Crippen LogP contribution in [0.2, 0.25) is 0 Å². The predicted octanol–water partition coefficient (Wildman–Crippen LogP) is -0.627. The quantitative estimate of drug-likeness (QED) is 0.511. The minimum absolute atomic E-state index is 0.0736. The zero-order valence-electron chi connectivity index (χ0n) is 14.4. The third kappa shape index (κ3) is 4.42. The maximum atomic E-state index is 12.6. The van der Waals surface area contributed by atoms with Crippen molar-refractivity contribution in [1.82, 2.24) is 26.2 Å². The van der Waals surface area contributed by atoms with Gasteiger partial charge >= 0.3 is 6.03 Å². The zero-order chi connectivity index (χ0) is 18.0. The Labute approximate surface area is 156 Å². The Morgan fingerprint density at radius 1 is 1.16 bits per heavy atom. The van der Waals surface area contributed by atoms with Gasteiger partial charge in [0.2, 0.25) is 11.8 Å². The van der Waals surface area contributed by atoms with Gasteiger partial charge in [-0.2, -0.15) is 0 Å². The molecule has 3 rings (SSSR count). The fourth-order valence-electron chi connectivity index (χ4n) is 3.24. The molecule has 0 aromatic heterocycles. The minimum atomic E-state index is -0.434. The molecular formula is C15H25N5O3S2. The van der Waals surface area contributed by atoms with E-state index >= 15 is 0 Å². The Bertz CT molecular complexity index is 533. The molecule has 140 valence electrons. The molecule has 3 aliphatic rings. The summed E-state index contributed by atoms with van der Waals surface area (Å²) in [6, 6.07) is -0.112. The van der Waals surface area contributed by atoms with Crippen LogP contribution in [-0.4, -0.2) is 77.7 Å². The SMILES string of the molecule is CN(C)C(=O)NC(=O)C1CCSC1NC(=O)C1NC2CNCCC2S1. The van der Waals surface area contributed by atoms with Gasteiger partial charge in [-0.3, -0.25) is 20.2 Å². The molecule has 10 heteroatoms. The molecular weight excluding hydrogens is 362 g/mol. The number of carbonyl (C=O) groups excluding carboxylic acids is 3. The van der Waals surface area contributed by atoms with E-state index in [1.807, 2.05) is 0 Å². The van der Waals surface area contributed by atoms with Crippen molar-refractivity contribution in [2.24, 2.45) is 5.92 Å². The first-order chi connectivity index (χ1) is 12.0. The van der Waals surface area contributed by atoms with Crippen LogP contribution < -0.4 is 21.3 Å². The van der Waals surface area contributed by atoms with Crippen molar-refractivity contribution in [2.45, 2.75) is 34.9 Å². The molecule has 0 bridgehead atoms. The first-order valence-electron chi connectivity index (χ1n) is 8.52. The van der Waals surface area contributed by atoms with Gasteiger partial charge in [0.25, 0.3) is 0 Å². The van der Waals surface area contributed by atoms with E-state index in [9.17, 15) is 14.4 Å². The van der Waals surface area contributed by atoms with Crippen molar-refractivity contribution in [3.8, 4) is 0 Å². The van der Waals surface area contributed by atoms with E-state index in [1.165, 1.54) is 4.90 Å². The molecule has 0 aromatic rings. The molecule has 0 spiro atoms. The second kappa shape index (κ2) is 8.15. The number of thioether (sulfide) groups is 2. The number of hydrogen-bond acceptors (Lipinski definition) is 7. The van der Waals surface area contributed by atoms with Gasteiger partial charge in [0.05, 0.1) is 11.3 Å². The summed E-state index contributed by atoms with van der Waals surface area (Å²) in [5, 5.41) is 12.0. The van der Waals surface area contributed by atoms with Gasteiger partial charge in [-0.25, -0.2) is 4.79 Å². The van der Waals surface area contributed by atoms with Crippen LogP contribution in [-0.2, 0) is 9.59 Å². The summed E-state index contributed by atoms with van der Waals surface area (Å²) in [6.45, 7) is 1.88. The van der Waals surface area contributed by atoms with Gasteiger partial charge < -0.3 is 15.5 Å². The highest BCUT2D eigenvalue weighted by atomic mass is 32.2. The molecule has 5 atom stereocenters. The van der Waals surface area contributed by atoms with Gasteiger partial charge in [0.15, 0.2) is 0 Å². The molecule has 3 aliphatic heterocycles. The van der Waals surface area contributed by atoms with Crippen LogP contribution in [0.1, 0.15) is 12.8 Å².